The lowest BCUT2D eigenvalue weighted by Gasteiger charge is -2.14. The van der Waals surface area contributed by atoms with E-state index in [2.05, 4.69) is 10.1 Å². The minimum absolute atomic E-state index is 0.0363. The molecule has 4 rings (SSSR count). The second-order valence-corrected chi connectivity index (χ2v) is 7.68. The SMILES string of the molecule is COc1cc(C=Nn2c(-c3ccccc3)nc3ccccc3c2=O)cc([N+](=O)[O-])c1OC(C)C. The van der Waals surface area contributed by atoms with Crippen molar-refractivity contribution in [1.29, 1.82) is 0 Å². The summed E-state index contributed by atoms with van der Waals surface area (Å²) < 4.78 is 12.1. The van der Waals surface area contributed by atoms with E-state index in [-0.39, 0.29) is 28.8 Å². The average molecular weight is 458 g/mol. The Morgan fingerprint density at radius 2 is 1.79 bits per heavy atom. The molecule has 0 unspecified atom stereocenters. The van der Waals surface area contributed by atoms with Crippen molar-refractivity contribution in [3.63, 3.8) is 0 Å². The summed E-state index contributed by atoms with van der Waals surface area (Å²) >= 11 is 0. The fourth-order valence-electron chi connectivity index (χ4n) is 3.45. The van der Waals surface area contributed by atoms with Crippen LogP contribution in [0.5, 0.6) is 11.5 Å². The van der Waals surface area contributed by atoms with Gasteiger partial charge in [-0.2, -0.15) is 9.78 Å². The molecule has 1 aromatic heterocycles. The average Bonchev–Trinajstić information content (AvgIpc) is 2.84. The third kappa shape index (κ3) is 4.49. The number of methoxy groups -OCH3 is 1. The summed E-state index contributed by atoms with van der Waals surface area (Å²) in [6.45, 7) is 3.53. The maximum Gasteiger partial charge on any atom is 0.315 e. The number of nitro groups is 1. The maximum atomic E-state index is 13.3. The molecule has 0 amide bonds. The van der Waals surface area contributed by atoms with Gasteiger partial charge in [0.25, 0.3) is 5.56 Å². The first-order valence-electron chi connectivity index (χ1n) is 10.5. The third-order valence-electron chi connectivity index (χ3n) is 4.94. The Labute approximate surface area is 195 Å². The van der Waals surface area contributed by atoms with Gasteiger partial charge in [-0.1, -0.05) is 42.5 Å². The van der Waals surface area contributed by atoms with Gasteiger partial charge in [-0.25, -0.2) is 4.98 Å². The summed E-state index contributed by atoms with van der Waals surface area (Å²) in [7, 11) is 1.40. The molecule has 4 aromatic rings. The zero-order valence-corrected chi connectivity index (χ0v) is 18.8. The Hall–Kier alpha value is -4.53. The van der Waals surface area contributed by atoms with Gasteiger partial charge >= 0.3 is 5.69 Å². The molecule has 0 saturated heterocycles. The lowest BCUT2D eigenvalue weighted by atomic mass is 10.1. The zero-order valence-electron chi connectivity index (χ0n) is 18.8. The van der Waals surface area contributed by atoms with Gasteiger partial charge in [0.15, 0.2) is 11.6 Å². The lowest BCUT2D eigenvalue weighted by molar-refractivity contribution is -0.386. The van der Waals surface area contributed by atoms with Crippen LogP contribution in [0.25, 0.3) is 22.3 Å². The van der Waals surface area contributed by atoms with Crippen molar-refractivity contribution < 1.29 is 14.4 Å². The highest BCUT2D eigenvalue weighted by molar-refractivity contribution is 5.84. The highest BCUT2D eigenvalue weighted by Crippen LogP contribution is 2.38. The van der Waals surface area contributed by atoms with Crippen LogP contribution in [0.15, 0.2) is 76.6 Å². The number of benzene rings is 3. The zero-order chi connectivity index (χ0) is 24.2. The number of nitrogens with zero attached hydrogens (tertiary/aromatic N) is 4. The van der Waals surface area contributed by atoms with Crippen molar-refractivity contribution in [1.82, 2.24) is 9.66 Å². The normalized spacial score (nSPS) is 11.3. The molecule has 0 saturated carbocycles. The van der Waals surface area contributed by atoms with Gasteiger partial charge in [-0.3, -0.25) is 14.9 Å². The fourth-order valence-corrected chi connectivity index (χ4v) is 3.45. The topological polar surface area (TPSA) is 109 Å². The molecule has 0 fully saturated rings. The number of para-hydroxylation sites is 1. The molecule has 0 aliphatic heterocycles. The summed E-state index contributed by atoms with van der Waals surface area (Å²) in [5.41, 5.74) is 0.986. The highest BCUT2D eigenvalue weighted by atomic mass is 16.6. The van der Waals surface area contributed by atoms with Crippen molar-refractivity contribution in [2.24, 2.45) is 5.10 Å². The molecule has 0 atom stereocenters. The van der Waals surface area contributed by atoms with E-state index in [1.165, 1.54) is 24.1 Å². The third-order valence-corrected chi connectivity index (χ3v) is 4.94. The summed E-state index contributed by atoms with van der Waals surface area (Å²) in [5, 5.41) is 16.5. The van der Waals surface area contributed by atoms with E-state index in [1.807, 2.05) is 36.4 Å². The summed E-state index contributed by atoms with van der Waals surface area (Å²) in [5.74, 6) is 0.576. The standard InChI is InChI=1S/C25H22N4O5/c1-16(2)34-23-21(29(31)32)13-17(14-22(23)33-3)15-26-28-24(18-9-5-4-6-10-18)27-20-12-8-7-11-19(20)25(28)30/h4-16H,1-3H3. The number of hydrogen-bond acceptors (Lipinski definition) is 7. The van der Waals surface area contributed by atoms with Gasteiger partial charge in [0, 0.05) is 17.2 Å². The molecule has 0 aliphatic rings. The summed E-state index contributed by atoms with van der Waals surface area (Å²) in [6.07, 6.45) is 1.07. The molecular formula is C25H22N4O5. The number of fused-ring (bicyclic) bond motifs is 1. The summed E-state index contributed by atoms with van der Waals surface area (Å²) in [6, 6.07) is 19.1. The number of rotatable bonds is 7. The van der Waals surface area contributed by atoms with Crippen LogP contribution in [0.4, 0.5) is 5.69 Å². The van der Waals surface area contributed by atoms with Crippen LogP contribution < -0.4 is 15.0 Å². The van der Waals surface area contributed by atoms with Crippen molar-refractivity contribution >= 4 is 22.8 Å². The number of nitro benzene ring substituents is 1. The minimum atomic E-state index is -0.545. The second-order valence-electron chi connectivity index (χ2n) is 7.68. The molecule has 3 aromatic carbocycles. The van der Waals surface area contributed by atoms with Gasteiger partial charge in [-0.05, 0) is 32.0 Å². The molecule has 172 valence electrons. The predicted molar refractivity (Wildman–Crippen MR) is 130 cm³/mol. The number of aromatic nitrogens is 2. The van der Waals surface area contributed by atoms with Gasteiger partial charge in [0.05, 0.1) is 35.3 Å². The van der Waals surface area contributed by atoms with Crippen LogP contribution in [-0.2, 0) is 0 Å². The first-order chi connectivity index (χ1) is 16.4. The summed E-state index contributed by atoms with van der Waals surface area (Å²) in [4.78, 5) is 29.1. The van der Waals surface area contributed by atoms with Gasteiger partial charge in [-0.15, -0.1) is 0 Å². The first-order valence-corrected chi connectivity index (χ1v) is 10.5. The molecule has 9 heteroatoms. The van der Waals surface area contributed by atoms with Crippen LogP contribution >= 0.6 is 0 Å². The van der Waals surface area contributed by atoms with Crippen LogP contribution in [0, 0.1) is 10.1 Å². The van der Waals surface area contributed by atoms with E-state index in [0.29, 0.717) is 27.9 Å². The molecule has 0 N–H and O–H groups in total. The van der Waals surface area contributed by atoms with E-state index in [9.17, 15) is 14.9 Å². The molecular weight excluding hydrogens is 436 g/mol. The number of hydrogen-bond donors (Lipinski definition) is 0. The Kier molecular flexibility index (Phi) is 6.35. The van der Waals surface area contributed by atoms with Crippen LogP contribution in [0.1, 0.15) is 19.4 Å². The van der Waals surface area contributed by atoms with Crippen LogP contribution in [0.2, 0.25) is 0 Å². The Morgan fingerprint density at radius 3 is 2.47 bits per heavy atom. The first kappa shape index (κ1) is 22.7. The Balaban J connectivity index is 1.89. The molecule has 0 bridgehead atoms. The Bertz CT molecular complexity index is 1450. The molecule has 0 spiro atoms. The predicted octanol–water partition coefficient (Wildman–Crippen LogP) is 4.65. The second kappa shape index (κ2) is 9.53. The van der Waals surface area contributed by atoms with Gasteiger partial charge in [0.1, 0.15) is 0 Å². The van der Waals surface area contributed by atoms with Gasteiger partial charge < -0.3 is 9.47 Å². The number of ether oxygens (including phenoxy) is 2. The van der Waals surface area contributed by atoms with E-state index in [4.69, 9.17) is 9.47 Å². The monoisotopic (exact) mass is 458 g/mol. The van der Waals surface area contributed by atoms with Crippen molar-refractivity contribution in [3.05, 3.63) is 92.8 Å². The van der Waals surface area contributed by atoms with E-state index < -0.39 is 4.92 Å². The fraction of sp³-hybridized carbons (Fsp3) is 0.160. The quantitative estimate of drug-likeness (QED) is 0.227. The highest BCUT2D eigenvalue weighted by Gasteiger charge is 2.23. The van der Waals surface area contributed by atoms with Crippen LogP contribution in [-0.4, -0.2) is 34.0 Å². The molecule has 0 radical (unpaired) electrons. The maximum absolute atomic E-state index is 13.3. The Morgan fingerprint density at radius 1 is 1.09 bits per heavy atom. The smallest absolute Gasteiger partial charge is 0.315 e. The molecule has 1 heterocycles. The lowest BCUT2D eigenvalue weighted by Crippen LogP contribution is -2.20. The van der Waals surface area contributed by atoms with Crippen molar-refractivity contribution in [2.45, 2.75) is 20.0 Å². The molecule has 0 aliphatic carbocycles. The van der Waals surface area contributed by atoms with E-state index in [0.717, 1.165) is 0 Å². The van der Waals surface area contributed by atoms with Crippen molar-refractivity contribution in [3.8, 4) is 22.9 Å². The van der Waals surface area contributed by atoms with Crippen molar-refractivity contribution in [2.75, 3.05) is 7.11 Å². The molecule has 9 nitrogen and oxygen atoms in total. The van der Waals surface area contributed by atoms with E-state index in [1.54, 1.807) is 38.1 Å². The molecule has 34 heavy (non-hydrogen) atoms. The largest absolute Gasteiger partial charge is 0.493 e. The van der Waals surface area contributed by atoms with Gasteiger partial charge in [0.2, 0.25) is 5.75 Å². The van der Waals surface area contributed by atoms with E-state index >= 15 is 0 Å². The minimum Gasteiger partial charge on any atom is -0.493 e. The van der Waals surface area contributed by atoms with Crippen LogP contribution in [0.3, 0.4) is 0 Å².